The molecular formula is C11H18N2O2S. The molecule has 0 saturated heterocycles. The van der Waals surface area contributed by atoms with Crippen LogP contribution in [-0.4, -0.2) is 21.7 Å². The van der Waals surface area contributed by atoms with Crippen molar-refractivity contribution in [3.05, 3.63) is 11.7 Å². The molecule has 0 aliphatic heterocycles. The van der Waals surface area contributed by atoms with Crippen molar-refractivity contribution in [3.8, 4) is 0 Å². The van der Waals surface area contributed by atoms with Crippen molar-refractivity contribution < 1.29 is 9.32 Å². The average Bonchev–Trinajstić information content (AvgIpc) is 2.66. The zero-order valence-corrected chi connectivity index (χ0v) is 10.7. The van der Waals surface area contributed by atoms with Crippen LogP contribution in [0.2, 0.25) is 0 Å². The highest BCUT2D eigenvalue weighted by molar-refractivity contribution is 7.98. The minimum Gasteiger partial charge on any atom is -0.339 e. The van der Waals surface area contributed by atoms with E-state index in [-0.39, 0.29) is 12.2 Å². The smallest absolute Gasteiger partial charge is 0.234 e. The zero-order valence-electron chi connectivity index (χ0n) is 9.86. The summed E-state index contributed by atoms with van der Waals surface area (Å²) in [7, 11) is 0. The van der Waals surface area contributed by atoms with Crippen LogP contribution in [0.3, 0.4) is 0 Å². The van der Waals surface area contributed by atoms with Gasteiger partial charge in [-0.25, -0.2) is 0 Å². The predicted molar refractivity (Wildman–Crippen MR) is 64.4 cm³/mol. The standard InChI is InChI=1S/C11H18N2O2S/c1-3-5-9(14)7-11-12-10(13-15-11)8-16-6-4-2/h3-8H2,1-2H3. The summed E-state index contributed by atoms with van der Waals surface area (Å²) < 4.78 is 5.02. The predicted octanol–water partition coefficient (Wildman–Crippen LogP) is 2.62. The number of nitrogens with zero attached hydrogens (tertiary/aromatic N) is 2. The van der Waals surface area contributed by atoms with Crippen LogP contribution in [0.15, 0.2) is 4.52 Å². The Bertz CT molecular complexity index is 326. The van der Waals surface area contributed by atoms with Crippen LogP contribution in [-0.2, 0) is 17.0 Å². The van der Waals surface area contributed by atoms with Crippen LogP contribution < -0.4 is 0 Å². The first-order valence-corrected chi connectivity index (χ1v) is 6.82. The number of ketones is 1. The summed E-state index contributed by atoms with van der Waals surface area (Å²) in [5.74, 6) is 3.17. The van der Waals surface area contributed by atoms with Gasteiger partial charge in [0.1, 0.15) is 5.78 Å². The molecule has 16 heavy (non-hydrogen) atoms. The van der Waals surface area contributed by atoms with Crippen molar-refractivity contribution in [1.29, 1.82) is 0 Å². The van der Waals surface area contributed by atoms with E-state index in [1.165, 1.54) is 0 Å². The largest absolute Gasteiger partial charge is 0.339 e. The Morgan fingerprint density at radius 2 is 2.19 bits per heavy atom. The van der Waals surface area contributed by atoms with Gasteiger partial charge >= 0.3 is 0 Å². The fraction of sp³-hybridized carbons (Fsp3) is 0.727. The molecule has 0 spiro atoms. The Morgan fingerprint density at radius 3 is 2.88 bits per heavy atom. The monoisotopic (exact) mass is 242 g/mol. The van der Waals surface area contributed by atoms with Gasteiger partial charge in [-0.05, 0) is 18.6 Å². The molecule has 1 heterocycles. The maximum absolute atomic E-state index is 11.3. The van der Waals surface area contributed by atoms with Crippen LogP contribution in [0.1, 0.15) is 44.8 Å². The molecule has 0 aromatic carbocycles. The van der Waals surface area contributed by atoms with E-state index in [4.69, 9.17) is 4.52 Å². The van der Waals surface area contributed by atoms with Crippen molar-refractivity contribution in [2.45, 2.75) is 45.3 Å². The molecule has 0 bridgehead atoms. The van der Waals surface area contributed by atoms with Crippen LogP contribution in [0.25, 0.3) is 0 Å². The molecule has 90 valence electrons. The van der Waals surface area contributed by atoms with Gasteiger partial charge in [-0.3, -0.25) is 4.79 Å². The summed E-state index contributed by atoms with van der Waals surface area (Å²) in [6, 6.07) is 0. The summed E-state index contributed by atoms with van der Waals surface area (Å²) >= 11 is 1.78. The molecule has 0 unspecified atom stereocenters. The third-order valence-corrected chi connectivity index (χ3v) is 3.13. The van der Waals surface area contributed by atoms with Gasteiger partial charge < -0.3 is 4.52 Å². The lowest BCUT2D eigenvalue weighted by atomic mass is 10.2. The number of carbonyl (C=O) groups excluding carboxylic acids is 1. The molecule has 1 aromatic heterocycles. The number of Topliss-reactive ketones (excluding diaryl/α,β-unsaturated/α-hetero) is 1. The van der Waals surface area contributed by atoms with Gasteiger partial charge in [-0.15, -0.1) is 0 Å². The van der Waals surface area contributed by atoms with Crippen LogP contribution in [0.5, 0.6) is 0 Å². The Kier molecular flexibility index (Phi) is 6.15. The van der Waals surface area contributed by atoms with E-state index >= 15 is 0 Å². The van der Waals surface area contributed by atoms with Gasteiger partial charge in [-0.1, -0.05) is 19.0 Å². The number of carbonyl (C=O) groups is 1. The second-order valence-electron chi connectivity index (χ2n) is 3.62. The van der Waals surface area contributed by atoms with Gasteiger partial charge in [0.25, 0.3) is 0 Å². The van der Waals surface area contributed by atoms with Crippen LogP contribution >= 0.6 is 11.8 Å². The molecule has 5 heteroatoms. The highest BCUT2D eigenvalue weighted by Crippen LogP contribution is 2.10. The van der Waals surface area contributed by atoms with Crippen molar-refractivity contribution in [3.63, 3.8) is 0 Å². The van der Waals surface area contributed by atoms with Crippen molar-refractivity contribution in [2.75, 3.05) is 5.75 Å². The summed E-state index contributed by atoms with van der Waals surface area (Å²) in [5.41, 5.74) is 0. The highest BCUT2D eigenvalue weighted by atomic mass is 32.2. The van der Waals surface area contributed by atoms with Crippen molar-refractivity contribution >= 4 is 17.5 Å². The minimum absolute atomic E-state index is 0.166. The first-order valence-electron chi connectivity index (χ1n) is 5.67. The van der Waals surface area contributed by atoms with E-state index in [2.05, 4.69) is 17.1 Å². The van der Waals surface area contributed by atoms with E-state index in [1.807, 2.05) is 6.92 Å². The Hall–Kier alpha value is -0.840. The second kappa shape index (κ2) is 7.44. The molecule has 0 aliphatic rings. The summed E-state index contributed by atoms with van der Waals surface area (Å²) in [6.07, 6.45) is 2.87. The SMILES string of the molecule is CCCSCc1noc(CC(=O)CCC)n1. The molecule has 4 nitrogen and oxygen atoms in total. The van der Waals surface area contributed by atoms with Gasteiger partial charge in [0.05, 0.1) is 12.2 Å². The number of thioether (sulfide) groups is 1. The fourth-order valence-electron chi connectivity index (χ4n) is 1.26. The molecule has 0 aliphatic carbocycles. The van der Waals surface area contributed by atoms with E-state index < -0.39 is 0 Å². The lowest BCUT2D eigenvalue weighted by Crippen LogP contribution is -2.02. The summed E-state index contributed by atoms with van der Waals surface area (Å²) in [6.45, 7) is 4.12. The Morgan fingerprint density at radius 1 is 1.38 bits per heavy atom. The number of hydrogen-bond donors (Lipinski definition) is 0. The molecule has 0 N–H and O–H groups in total. The maximum Gasteiger partial charge on any atom is 0.234 e. The summed E-state index contributed by atoms with van der Waals surface area (Å²) in [5, 5.41) is 3.84. The average molecular weight is 242 g/mol. The summed E-state index contributed by atoms with van der Waals surface area (Å²) in [4.78, 5) is 15.5. The van der Waals surface area contributed by atoms with Crippen LogP contribution in [0, 0.1) is 0 Å². The number of aromatic nitrogens is 2. The van der Waals surface area contributed by atoms with Crippen molar-refractivity contribution in [2.24, 2.45) is 0 Å². The van der Waals surface area contributed by atoms with Gasteiger partial charge in [0.15, 0.2) is 5.82 Å². The molecular weight excluding hydrogens is 224 g/mol. The second-order valence-corrected chi connectivity index (χ2v) is 4.73. The lowest BCUT2D eigenvalue weighted by molar-refractivity contribution is -0.118. The molecule has 0 radical (unpaired) electrons. The molecule has 0 fully saturated rings. The van der Waals surface area contributed by atoms with E-state index in [1.54, 1.807) is 11.8 Å². The minimum atomic E-state index is 0.166. The molecule has 1 aromatic rings. The topological polar surface area (TPSA) is 56.0 Å². The van der Waals surface area contributed by atoms with Gasteiger partial charge in [0, 0.05) is 6.42 Å². The fourth-order valence-corrected chi connectivity index (χ4v) is 2.00. The molecule has 0 amide bonds. The number of rotatable bonds is 8. The van der Waals surface area contributed by atoms with Crippen LogP contribution in [0.4, 0.5) is 0 Å². The van der Waals surface area contributed by atoms with Gasteiger partial charge in [-0.2, -0.15) is 16.7 Å². The third-order valence-electron chi connectivity index (χ3n) is 1.97. The van der Waals surface area contributed by atoms with Crippen molar-refractivity contribution in [1.82, 2.24) is 10.1 Å². The molecule has 1 rings (SSSR count). The first kappa shape index (κ1) is 13.2. The third kappa shape index (κ3) is 4.79. The maximum atomic E-state index is 11.3. The quantitative estimate of drug-likeness (QED) is 0.656. The van der Waals surface area contributed by atoms with E-state index in [0.717, 1.165) is 24.3 Å². The van der Waals surface area contributed by atoms with E-state index in [0.29, 0.717) is 18.1 Å². The first-order chi connectivity index (χ1) is 7.76. The Labute approximate surface area is 100 Å². The highest BCUT2D eigenvalue weighted by Gasteiger charge is 2.10. The Balaban J connectivity index is 2.36. The zero-order chi connectivity index (χ0) is 11.8. The molecule has 0 atom stereocenters. The normalized spacial score (nSPS) is 10.6. The lowest BCUT2D eigenvalue weighted by Gasteiger charge is -1.93. The van der Waals surface area contributed by atoms with Gasteiger partial charge in [0.2, 0.25) is 5.89 Å². The van der Waals surface area contributed by atoms with E-state index in [9.17, 15) is 4.79 Å². The molecule has 0 saturated carbocycles. The number of hydrogen-bond acceptors (Lipinski definition) is 5.